The van der Waals surface area contributed by atoms with E-state index in [2.05, 4.69) is 6.92 Å². The smallest absolute Gasteiger partial charge is 0.185 e. The number of rotatable bonds is 6. The van der Waals surface area contributed by atoms with Crippen LogP contribution in [0.5, 0.6) is 11.5 Å². The number of nitriles is 2. The van der Waals surface area contributed by atoms with Crippen LogP contribution in [0.25, 0.3) is 12.2 Å². The van der Waals surface area contributed by atoms with Gasteiger partial charge in [0.15, 0.2) is 19.0 Å². The Hall–Kier alpha value is -3.83. The quantitative estimate of drug-likeness (QED) is 0.643. The highest BCUT2D eigenvalue weighted by Gasteiger charge is 2.25. The summed E-state index contributed by atoms with van der Waals surface area (Å²) in [4.78, 5) is 13.1. The van der Waals surface area contributed by atoms with Gasteiger partial charge in [-0.3, -0.25) is 4.79 Å². The van der Waals surface area contributed by atoms with Crippen LogP contribution in [0.2, 0.25) is 0 Å². The van der Waals surface area contributed by atoms with Gasteiger partial charge in [0.05, 0.1) is 0 Å². The Morgan fingerprint density at radius 3 is 1.80 bits per heavy atom. The average molecular weight is 398 g/mol. The summed E-state index contributed by atoms with van der Waals surface area (Å²) in [6, 6.07) is 18.7. The Morgan fingerprint density at radius 2 is 1.37 bits per heavy atom. The number of Topliss-reactive ketones (excluding diaryl/α,β-unsaturated/α-hetero) is 1. The largest absolute Gasteiger partial charge is 0.479 e. The van der Waals surface area contributed by atoms with Crippen molar-refractivity contribution in [1.82, 2.24) is 0 Å². The van der Waals surface area contributed by atoms with Gasteiger partial charge in [-0.05, 0) is 66.3 Å². The van der Waals surface area contributed by atoms with E-state index in [1.807, 2.05) is 60.7 Å². The zero-order valence-corrected chi connectivity index (χ0v) is 16.8. The fourth-order valence-electron chi connectivity index (χ4n) is 3.49. The number of benzene rings is 2. The first-order chi connectivity index (χ1) is 14.6. The molecule has 2 aromatic rings. The monoisotopic (exact) mass is 398 g/mol. The van der Waals surface area contributed by atoms with Gasteiger partial charge in [-0.25, -0.2) is 0 Å². The normalized spacial score (nSPS) is 18.6. The zero-order chi connectivity index (χ0) is 21.3. The Bertz CT molecular complexity index is 987. The molecule has 0 spiro atoms. The predicted octanol–water partition coefficient (Wildman–Crippen LogP) is 4.96. The van der Waals surface area contributed by atoms with Gasteiger partial charge in [0, 0.05) is 11.1 Å². The summed E-state index contributed by atoms with van der Waals surface area (Å²) in [5.41, 5.74) is 3.26. The van der Waals surface area contributed by atoms with Gasteiger partial charge in [0.1, 0.15) is 23.6 Å². The molecule has 1 aliphatic rings. The molecular formula is C25H22N2O3. The topological polar surface area (TPSA) is 83.1 Å². The van der Waals surface area contributed by atoms with Gasteiger partial charge < -0.3 is 9.47 Å². The molecule has 1 unspecified atom stereocenters. The van der Waals surface area contributed by atoms with Crippen LogP contribution < -0.4 is 9.47 Å². The van der Waals surface area contributed by atoms with Crippen LogP contribution in [-0.2, 0) is 4.79 Å². The minimum absolute atomic E-state index is 0.0139. The molecule has 1 aliphatic carbocycles. The van der Waals surface area contributed by atoms with Crippen LogP contribution in [0, 0.1) is 28.6 Å². The maximum atomic E-state index is 13.1. The third kappa shape index (κ3) is 5.59. The van der Waals surface area contributed by atoms with E-state index in [4.69, 9.17) is 20.0 Å². The van der Waals surface area contributed by atoms with Gasteiger partial charge >= 0.3 is 0 Å². The lowest BCUT2D eigenvalue weighted by Crippen LogP contribution is -2.18. The summed E-state index contributed by atoms with van der Waals surface area (Å²) in [6.07, 6.45) is 5.23. The maximum absolute atomic E-state index is 13.1. The van der Waals surface area contributed by atoms with Crippen molar-refractivity contribution in [3.63, 3.8) is 0 Å². The van der Waals surface area contributed by atoms with E-state index in [1.54, 1.807) is 12.1 Å². The van der Waals surface area contributed by atoms with Crippen LogP contribution >= 0.6 is 0 Å². The van der Waals surface area contributed by atoms with Crippen LogP contribution in [-0.4, -0.2) is 19.0 Å². The molecule has 1 fully saturated rings. The first kappa shape index (κ1) is 20.9. The second-order valence-electron chi connectivity index (χ2n) is 7.22. The molecule has 0 amide bonds. The summed E-state index contributed by atoms with van der Waals surface area (Å²) in [5, 5.41) is 17.3. The molecule has 0 aliphatic heterocycles. The van der Waals surface area contributed by atoms with E-state index >= 15 is 0 Å². The number of allylic oxidation sites excluding steroid dienone is 2. The number of carbonyl (C=O) groups is 1. The van der Waals surface area contributed by atoms with Gasteiger partial charge in [0.2, 0.25) is 0 Å². The summed E-state index contributed by atoms with van der Waals surface area (Å²) in [7, 11) is 0. The van der Waals surface area contributed by atoms with Crippen LogP contribution in [0.1, 0.15) is 30.9 Å². The highest BCUT2D eigenvalue weighted by atomic mass is 16.5. The Morgan fingerprint density at radius 1 is 0.900 bits per heavy atom. The second kappa shape index (κ2) is 10.1. The Labute approximate surface area is 176 Å². The van der Waals surface area contributed by atoms with Crippen molar-refractivity contribution in [2.75, 3.05) is 13.2 Å². The van der Waals surface area contributed by atoms with Crippen molar-refractivity contribution in [3.05, 3.63) is 70.8 Å². The fourth-order valence-corrected chi connectivity index (χ4v) is 3.49. The molecule has 0 saturated heterocycles. The lowest BCUT2D eigenvalue weighted by Gasteiger charge is -2.22. The van der Waals surface area contributed by atoms with Gasteiger partial charge in [0.25, 0.3) is 0 Å². The molecular weight excluding hydrogens is 376 g/mol. The summed E-state index contributed by atoms with van der Waals surface area (Å²) < 4.78 is 10.7. The number of nitrogens with zero attached hydrogens (tertiary/aromatic N) is 2. The molecule has 30 heavy (non-hydrogen) atoms. The SMILES string of the molecule is CC1C/C(=C/c2cccc(OCC#N)c2)C(=O)/C(=C/c2cccc(OCC#N)c2)C1. The fraction of sp³-hybridized carbons (Fsp3) is 0.240. The van der Waals surface area contributed by atoms with Gasteiger partial charge in [-0.15, -0.1) is 0 Å². The van der Waals surface area contributed by atoms with E-state index in [-0.39, 0.29) is 19.0 Å². The number of ketones is 1. The summed E-state index contributed by atoms with van der Waals surface area (Å²) >= 11 is 0. The van der Waals surface area contributed by atoms with Crippen molar-refractivity contribution >= 4 is 17.9 Å². The van der Waals surface area contributed by atoms with Crippen molar-refractivity contribution in [2.24, 2.45) is 5.92 Å². The molecule has 0 heterocycles. The van der Waals surface area contributed by atoms with Crippen molar-refractivity contribution in [3.8, 4) is 23.6 Å². The van der Waals surface area contributed by atoms with Gasteiger partial charge in [-0.2, -0.15) is 10.5 Å². The van der Waals surface area contributed by atoms with Crippen LogP contribution in [0.15, 0.2) is 59.7 Å². The molecule has 0 N–H and O–H groups in total. The summed E-state index contributed by atoms with van der Waals surface area (Å²) in [6.45, 7) is 2.10. The number of ether oxygens (including phenoxy) is 2. The molecule has 3 rings (SSSR count). The third-order valence-electron chi connectivity index (χ3n) is 4.72. The summed E-state index contributed by atoms with van der Waals surface area (Å²) in [5.74, 6) is 1.59. The van der Waals surface area contributed by atoms with E-state index < -0.39 is 0 Å². The number of hydrogen-bond donors (Lipinski definition) is 0. The minimum atomic E-state index is -0.0139. The standard InChI is InChI=1S/C25H22N2O3/c1-18-12-21(14-19-4-2-6-23(16-19)29-10-8-26)25(28)22(13-18)15-20-5-3-7-24(17-20)30-11-9-27/h2-7,14-18H,10-13H2,1H3/b21-14-,22-15+. The van der Waals surface area contributed by atoms with Crippen molar-refractivity contribution in [1.29, 1.82) is 10.5 Å². The maximum Gasteiger partial charge on any atom is 0.185 e. The number of hydrogen-bond acceptors (Lipinski definition) is 5. The second-order valence-corrected chi connectivity index (χ2v) is 7.22. The van der Waals surface area contributed by atoms with E-state index in [0.717, 1.165) is 22.3 Å². The molecule has 1 atom stereocenters. The molecule has 0 bridgehead atoms. The lowest BCUT2D eigenvalue weighted by molar-refractivity contribution is -0.113. The highest BCUT2D eigenvalue weighted by molar-refractivity contribution is 6.14. The van der Waals surface area contributed by atoms with E-state index in [9.17, 15) is 4.79 Å². The number of carbonyl (C=O) groups excluding carboxylic acids is 1. The van der Waals surface area contributed by atoms with Crippen molar-refractivity contribution < 1.29 is 14.3 Å². The highest BCUT2D eigenvalue weighted by Crippen LogP contribution is 2.32. The zero-order valence-electron chi connectivity index (χ0n) is 16.8. The average Bonchev–Trinajstić information content (AvgIpc) is 2.74. The first-order valence-corrected chi connectivity index (χ1v) is 9.74. The van der Waals surface area contributed by atoms with E-state index in [1.165, 1.54) is 0 Å². The minimum Gasteiger partial charge on any atom is -0.479 e. The van der Waals surface area contributed by atoms with Crippen LogP contribution in [0.3, 0.4) is 0 Å². The molecule has 0 radical (unpaired) electrons. The Balaban J connectivity index is 1.85. The van der Waals surface area contributed by atoms with E-state index in [0.29, 0.717) is 30.3 Å². The molecule has 5 heteroatoms. The first-order valence-electron chi connectivity index (χ1n) is 9.74. The molecule has 5 nitrogen and oxygen atoms in total. The lowest BCUT2D eigenvalue weighted by atomic mass is 9.81. The third-order valence-corrected chi connectivity index (χ3v) is 4.72. The molecule has 1 saturated carbocycles. The molecule has 150 valence electrons. The Kier molecular flexibility index (Phi) is 7.03. The molecule has 0 aromatic heterocycles. The van der Waals surface area contributed by atoms with Crippen molar-refractivity contribution in [2.45, 2.75) is 19.8 Å². The van der Waals surface area contributed by atoms with Gasteiger partial charge in [-0.1, -0.05) is 31.2 Å². The predicted molar refractivity (Wildman–Crippen MR) is 114 cm³/mol. The molecule has 2 aromatic carbocycles. The van der Waals surface area contributed by atoms with Crippen LogP contribution in [0.4, 0.5) is 0 Å².